The Bertz CT molecular complexity index is 472. The summed E-state index contributed by atoms with van der Waals surface area (Å²) < 4.78 is 0. The number of nitrogens with one attached hydrogen (secondary N) is 2. The lowest BCUT2D eigenvalue weighted by molar-refractivity contribution is -0.115. The van der Waals surface area contributed by atoms with Crippen LogP contribution >= 0.6 is 11.6 Å². The van der Waals surface area contributed by atoms with Gasteiger partial charge in [-0.15, -0.1) is 0 Å². The van der Waals surface area contributed by atoms with Gasteiger partial charge in [-0.25, -0.2) is 0 Å². The van der Waals surface area contributed by atoms with Crippen molar-refractivity contribution >= 4 is 23.2 Å². The van der Waals surface area contributed by atoms with Crippen LogP contribution in [0.2, 0.25) is 5.02 Å². The normalized spacial score (nSPS) is 15.9. The van der Waals surface area contributed by atoms with E-state index < -0.39 is 0 Å². The van der Waals surface area contributed by atoms with Crippen LogP contribution in [0.3, 0.4) is 0 Å². The van der Waals surface area contributed by atoms with Crippen molar-refractivity contribution in [3.05, 3.63) is 28.8 Å². The summed E-state index contributed by atoms with van der Waals surface area (Å²) >= 11 is 5.95. The van der Waals surface area contributed by atoms with E-state index in [0.717, 1.165) is 23.6 Å². The zero-order valence-corrected chi connectivity index (χ0v) is 13.0. The average Bonchev–Trinajstić information content (AvgIpc) is 3.22. The summed E-state index contributed by atoms with van der Waals surface area (Å²) in [6.07, 6.45) is 4.97. The minimum Gasteiger partial charge on any atom is -0.325 e. The lowest BCUT2D eigenvalue weighted by Gasteiger charge is -2.16. The molecule has 3 nitrogen and oxygen atoms in total. The van der Waals surface area contributed by atoms with E-state index in [2.05, 4.69) is 17.6 Å². The van der Waals surface area contributed by atoms with Crippen molar-refractivity contribution in [3.8, 4) is 0 Å². The highest BCUT2D eigenvalue weighted by atomic mass is 35.5. The second-order valence-electron chi connectivity index (χ2n) is 5.67. The topological polar surface area (TPSA) is 41.1 Å². The Labute approximate surface area is 126 Å². The molecule has 4 heteroatoms. The number of carbonyl (C=O) groups is 1. The van der Waals surface area contributed by atoms with Gasteiger partial charge in [0.25, 0.3) is 0 Å². The average molecular weight is 295 g/mol. The number of amides is 1. The molecule has 1 unspecified atom stereocenters. The number of hydrogen-bond donors (Lipinski definition) is 2. The van der Waals surface area contributed by atoms with Crippen molar-refractivity contribution in [3.63, 3.8) is 0 Å². The number of benzene rings is 1. The smallest absolute Gasteiger partial charge is 0.238 e. The molecule has 1 aromatic carbocycles. The van der Waals surface area contributed by atoms with Crippen molar-refractivity contribution in [2.75, 3.05) is 11.9 Å². The van der Waals surface area contributed by atoms with Gasteiger partial charge < -0.3 is 10.6 Å². The molecule has 0 heterocycles. The van der Waals surface area contributed by atoms with Crippen LogP contribution in [0.4, 0.5) is 5.69 Å². The van der Waals surface area contributed by atoms with Gasteiger partial charge in [0.2, 0.25) is 5.91 Å². The maximum Gasteiger partial charge on any atom is 0.238 e. The predicted octanol–water partition coefficient (Wildman–Crippen LogP) is 3.76. The second kappa shape index (κ2) is 7.09. The van der Waals surface area contributed by atoms with Crippen molar-refractivity contribution in [1.82, 2.24) is 5.32 Å². The number of rotatable bonds is 7. The monoisotopic (exact) mass is 294 g/mol. The van der Waals surface area contributed by atoms with E-state index >= 15 is 0 Å². The number of halogens is 1. The number of anilines is 1. The Morgan fingerprint density at radius 1 is 1.45 bits per heavy atom. The first-order valence-electron chi connectivity index (χ1n) is 7.38. The first-order chi connectivity index (χ1) is 9.58. The molecule has 0 aliphatic heterocycles. The van der Waals surface area contributed by atoms with E-state index in [0.29, 0.717) is 17.6 Å². The third kappa shape index (κ3) is 4.80. The molecule has 0 aromatic heterocycles. The summed E-state index contributed by atoms with van der Waals surface area (Å²) in [5, 5.41) is 6.90. The van der Waals surface area contributed by atoms with Crippen molar-refractivity contribution < 1.29 is 4.79 Å². The molecule has 1 aliphatic carbocycles. The van der Waals surface area contributed by atoms with Gasteiger partial charge >= 0.3 is 0 Å². The molecular weight excluding hydrogens is 272 g/mol. The van der Waals surface area contributed by atoms with E-state index in [9.17, 15) is 4.79 Å². The third-order valence-electron chi connectivity index (χ3n) is 3.83. The van der Waals surface area contributed by atoms with Crippen LogP contribution in [0.25, 0.3) is 0 Å². The quantitative estimate of drug-likeness (QED) is 0.804. The Hall–Kier alpha value is -1.06. The summed E-state index contributed by atoms with van der Waals surface area (Å²) in [5.74, 6) is 0.871. The molecule has 1 fully saturated rings. The fraction of sp³-hybridized carbons (Fsp3) is 0.562. The molecule has 2 N–H and O–H groups in total. The molecule has 1 aliphatic rings. The van der Waals surface area contributed by atoms with Gasteiger partial charge in [-0.1, -0.05) is 37.4 Å². The van der Waals surface area contributed by atoms with Gasteiger partial charge in [0.1, 0.15) is 0 Å². The predicted molar refractivity (Wildman–Crippen MR) is 84.2 cm³/mol. The van der Waals surface area contributed by atoms with Crippen molar-refractivity contribution in [2.24, 2.45) is 5.92 Å². The van der Waals surface area contributed by atoms with Gasteiger partial charge in [0.05, 0.1) is 6.54 Å². The standard InChI is InChI=1S/C16H23ClN2O/c1-3-14(8-12-5-6-12)18-10-16(20)19-15-9-13(17)7-4-11(15)2/h4,7,9,12,14,18H,3,5-6,8,10H2,1-2H3,(H,19,20). The highest BCUT2D eigenvalue weighted by Crippen LogP contribution is 2.33. The Morgan fingerprint density at radius 2 is 2.20 bits per heavy atom. The van der Waals surface area contributed by atoms with E-state index in [1.165, 1.54) is 19.3 Å². The Kier molecular flexibility index (Phi) is 5.44. The van der Waals surface area contributed by atoms with E-state index in [-0.39, 0.29) is 5.91 Å². The van der Waals surface area contributed by atoms with Gasteiger partial charge in [-0.2, -0.15) is 0 Å². The molecule has 0 saturated heterocycles. The van der Waals surface area contributed by atoms with Crippen molar-refractivity contribution in [1.29, 1.82) is 0 Å². The molecule has 1 saturated carbocycles. The maximum atomic E-state index is 12.0. The minimum absolute atomic E-state index is 0.00962. The fourth-order valence-corrected chi connectivity index (χ4v) is 2.48. The van der Waals surface area contributed by atoms with Crippen molar-refractivity contribution in [2.45, 2.75) is 45.6 Å². The van der Waals surface area contributed by atoms with E-state index in [4.69, 9.17) is 11.6 Å². The zero-order chi connectivity index (χ0) is 14.5. The minimum atomic E-state index is -0.00962. The van der Waals surface area contributed by atoms with Crippen LogP contribution in [0.1, 0.15) is 38.2 Å². The Balaban J connectivity index is 1.80. The summed E-state index contributed by atoms with van der Waals surface area (Å²) in [6.45, 7) is 4.48. The van der Waals surface area contributed by atoms with Gasteiger partial charge in [0.15, 0.2) is 0 Å². The number of aryl methyl sites for hydroxylation is 1. The highest BCUT2D eigenvalue weighted by Gasteiger charge is 2.24. The van der Waals surface area contributed by atoms with Crippen LogP contribution in [-0.4, -0.2) is 18.5 Å². The van der Waals surface area contributed by atoms with Crippen LogP contribution in [0.5, 0.6) is 0 Å². The maximum absolute atomic E-state index is 12.0. The van der Waals surface area contributed by atoms with Gasteiger partial charge in [-0.05, 0) is 43.4 Å². The third-order valence-corrected chi connectivity index (χ3v) is 4.07. The number of hydrogen-bond acceptors (Lipinski definition) is 2. The molecule has 0 radical (unpaired) electrons. The SMILES string of the molecule is CCC(CC1CC1)NCC(=O)Nc1cc(Cl)ccc1C. The Morgan fingerprint density at radius 3 is 2.85 bits per heavy atom. The van der Waals surface area contributed by atoms with E-state index in [1.807, 2.05) is 19.1 Å². The van der Waals surface area contributed by atoms with Gasteiger partial charge in [0, 0.05) is 16.8 Å². The molecule has 2 rings (SSSR count). The lowest BCUT2D eigenvalue weighted by atomic mass is 10.1. The molecule has 0 bridgehead atoms. The second-order valence-corrected chi connectivity index (χ2v) is 6.11. The molecule has 1 atom stereocenters. The largest absolute Gasteiger partial charge is 0.325 e. The molecule has 1 aromatic rings. The summed E-state index contributed by atoms with van der Waals surface area (Å²) in [5.41, 5.74) is 1.81. The summed E-state index contributed by atoms with van der Waals surface area (Å²) in [6, 6.07) is 5.98. The highest BCUT2D eigenvalue weighted by molar-refractivity contribution is 6.31. The number of carbonyl (C=O) groups excluding carboxylic acids is 1. The summed E-state index contributed by atoms with van der Waals surface area (Å²) in [4.78, 5) is 12.0. The van der Waals surface area contributed by atoms with E-state index in [1.54, 1.807) is 6.07 Å². The van der Waals surface area contributed by atoms with Crippen LogP contribution < -0.4 is 10.6 Å². The molecular formula is C16H23ClN2O. The zero-order valence-electron chi connectivity index (χ0n) is 12.2. The first kappa shape index (κ1) is 15.3. The first-order valence-corrected chi connectivity index (χ1v) is 7.75. The van der Waals surface area contributed by atoms with Gasteiger partial charge in [-0.3, -0.25) is 4.79 Å². The van der Waals surface area contributed by atoms with Crippen LogP contribution in [0, 0.1) is 12.8 Å². The molecule has 1 amide bonds. The van der Waals surface area contributed by atoms with Crippen LogP contribution in [0.15, 0.2) is 18.2 Å². The molecule has 0 spiro atoms. The summed E-state index contributed by atoms with van der Waals surface area (Å²) in [7, 11) is 0. The fourth-order valence-electron chi connectivity index (χ4n) is 2.31. The lowest BCUT2D eigenvalue weighted by Crippen LogP contribution is -2.36. The molecule has 110 valence electrons. The van der Waals surface area contributed by atoms with Crippen LogP contribution in [-0.2, 0) is 4.79 Å². The molecule has 20 heavy (non-hydrogen) atoms.